The Hall–Kier alpha value is -0.940. The maximum Gasteiger partial charge on any atom is 0.231 e. The highest BCUT2D eigenvalue weighted by Gasteiger charge is 2.25. The van der Waals surface area contributed by atoms with Crippen LogP contribution in [0.3, 0.4) is 0 Å². The van der Waals surface area contributed by atoms with Crippen molar-refractivity contribution in [2.45, 2.75) is 20.3 Å². The van der Waals surface area contributed by atoms with Crippen molar-refractivity contribution in [3.8, 4) is 0 Å². The number of amides is 1. The van der Waals surface area contributed by atoms with Gasteiger partial charge in [-0.15, -0.1) is 11.3 Å². The monoisotopic (exact) mass is 225 g/mol. The van der Waals surface area contributed by atoms with Crippen molar-refractivity contribution in [1.82, 2.24) is 10.3 Å². The normalized spacial score (nSPS) is 16.1. The van der Waals surface area contributed by atoms with E-state index >= 15 is 0 Å². The molecule has 1 aromatic rings. The van der Waals surface area contributed by atoms with Crippen LogP contribution in [-0.2, 0) is 11.2 Å². The predicted molar refractivity (Wildman–Crippen MR) is 61.2 cm³/mol. The van der Waals surface area contributed by atoms with Crippen molar-refractivity contribution >= 4 is 22.4 Å². The number of rotatable bonds is 3. The Morgan fingerprint density at radius 3 is 2.87 bits per heavy atom. The zero-order valence-electron chi connectivity index (χ0n) is 8.96. The van der Waals surface area contributed by atoms with Crippen molar-refractivity contribution in [1.29, 1.82) is 0 Å². The Balaban J connectivity index is 2.00. The lowest BCUT2D eigenvalue weighted by atomic mass is 10.0. The van der Waals surface area contributed by atoms with E-state index in [0.29, 0.717) is 0 Å². The van der Waals surface area contributed by atoms with Gasteiger partial charge in [-0.25, -0.2) is 4.98 Å². The molecule has 0 aromatic carbocycles. The second kappa shape index (κ2) is 4.28. The summed E-state index contributed by atoms with van der Waals surface area (Å²) in [6, 6.07) is 0. The molecule has 82 valence electrons. The van der Waals surface area contributed by atoms with Crippen molar-refractivity contribution in [3.05, 3.63) is 10.6 Å². The second-order valence-corrected chi connectivity index (χ2v) is 4.92. The van der Waals surface area contributed by atoms with E-state index in [0.717, 1.165) is 30.3 Å². The summed E-state index contributed by atoms with van der Waals surface area (Å²) in [5.41, 5.74) is 1.09. The van der Waals surface area contributed by atoms with Gasteiger partial charge in [-0.2, -0.15) is 0 Å². The number of thiazole rings is 1. The molecular weight excluding hydrogens is 210 g/mol. The average molecular weight is 225 g/mol. The first-order chi connectivity index (χ1) is 7.20. The highest BCUT2D eigenvalue weighted by atomic mass is 32.1. The fourth-order valence-corrected chi connectivity index (χ4v) is 2.40. The molecule has 1 fully saturated rings. The molecule has 0 saturated carbocycles. The fourth-order valence-electron chi connectivity index (χ4n) is 1.49. The van der Waals surface area contributed by atoms with E-state index in [4.69, 9.17) is 0 Å². The van der Waals surface area contributed by atoms with Gasteiger partial charge in [-0.1, -0.05) is 6.92 Å². The lowest BCUT2D eigenvalue weighted by molar-refractivity contribution is -0.121. The molecule has 0 aliphatic carbocycles. The largest absolute Gasteiger partial charge is 0.315 e. The lowest BCUT2D eigenvalue weighted by Gasteiger charge is -2.25. The number of hydrogen-bond donors (Lipinski definition) is 2. The van der Waals surface area contributed by atoms with Gasteiger partial charge < -0.3 is 10.6 Å². The van der Waals surface area contributed by atoms with Crippen LogP contribution in [0.2, 0.25) is 0 Å². The molecule has 2 N–H and O–H groups in total. The summed E-state index contributed by atoms with van der Waals surface area (Å²) >= 11 is 1.56. The van der Waals surface area contributed by atoms with Gasteiger partial charge in [0, 0.05) is 18.0 Å². The van der Waals surface area contributed by atoms with Gasteiger partial charge in [-0.05, 0) is 13.3 Å². The van der Waals surface area contributed by atoms with Gasteiger partial charge in [0.25, 0.3) is 0 Å². The van der Waals surface area contributed by atoms with Crippen LogP contribution in [0.25, 0.3) is 0 Å². The van der Waals surface area contributed by atoms with Crippen molar-refractivity contribution in [2.75, 3.05) is 18.4 Å². The fraction of sp³-hybridized carbons (Fsp3) is 0.600. The lowest BCUT2D eigenvalue weighted by Crippen LogP contribution is -2.48. The van der Waals surface area contributed by atoms with Crippen LogP contribution in [0.5, 0.6) is 0 Å². The molecule has 0 spiro atoms. The molecule has 1 aliphatic heterocycles. The standard InChI is InChI=1S/C10H15N3OS/c1-3-8-6(2)15-10(12-8)13-9(14)7-4-11-5-7/h7,11H,3-5H2,1-2H3,(H,12,13,14). The smallest absolute Gasteiger partial charge is 0.231 e. The number of nitrogens with one attached hydrogen (secondary N) is 2. The van der Waals surface area contributed by atoms with Gasteiger partial charge >= 0.3 is 0 Å². The number of carbonyl (C=O) groups is 1. The number of aromatic nitrogens is 1. The molecule has 1 amide bonds. The van der Waals surface area contributed by atoms with Crippen LogP contribution in [0, 0.1) is 12.8 Å². The third kappa shape index (κ3) is 2.18. The van der Waals surface area contributed by atoms with Crippen LogP contribution >= 0.6 is 11.3 Å². The van der Waals surface area contributed by atoms with Gasteiger partial charge in [0.15, 0.2) is 5.13 Å². The maximum atomic E-state index is 11.6. The third-order valence-corrected chi connectivity index (χ3v) is 3.54. The number of carbonyl (C=O) groups excluding carboxylic acids is 1. The predicted octanol–water partition coefficient (Wildman–Crippen LogP) is 1.17. The van der Waals surface area contributed by atoms with Gasteiger partial charge in [0.1, 0.15) is 0 Å². The van der Waals surface area contributed by atoms with Crippen LogP contribution in [0.1, 0.15) is 17.5 Å². The minimum atomic E-state index is 0.0881. The van der Waals surface area contributed by atoms with Crippen LogP contribution in [-0.4, -0.2) is 24.0 Å². The van der Waals surface area contributed by atoms with E-state index in [1.165, 1.54) is 4.88 Å². The van der Waals surface area contributed by atoms with E-state index in [2.05, 4.69) is 22.5 Å². The Kier molecular flexibility index (Phi) is 3.02. The Morgan fingerprint density at radius 1 is 1.67 bits per heavy atom. The van der Waals surface area contributed by atoms with Crippen molar-refractivity contribution < 1.29 is 4.79 Å². The molecule has 0 radical (unpaired) electrons. The molecule has 2 rings (SSSR count). The van der Waals surface area contributed by atoms with Gasteiger partial charge in [0.05, 0.1) is 11.6 Å². The van der Waals surface area contributed by atoms with E-state index in [-0.39, 0.29) is 11.8 Å². The summed E-state index contributed by atoms with van der Waals surface area (Å²) in [7, 11) is 0. The molecule has 0 atom stereocenters. The second-order valence-electron chi connectivity index (χ2n) is 3.72. The molecule has 5 heteroatoms. The van der Waals surface area contributed by atoms with Crippen LogP contribution in [0.4, 0.5) is 5.13 Å². The third-order valence-electron chi connectivity index (χ3n) is 2.61. The van der Waals surface area contributed by atoms with E-state index in [9.17, 15) is 4.79 Å². The first kappa shape index (κ1) is 10.6. The molecule has 1 aliphatic rings. The molecule has 2 heterocycles. The molecule has 4 nitrogen and oxygen atoms in total. The Labute approximate surface area is 93.1 Å². The Morgan fingerprint density at radius 2 is 2.40 bits per heavy atom. The molecule has 0 bridgehead atoms. The van der Waals surface area contributed by atoms with E-state index in [1.807, 2.05) is 6.92 Å². The highest BCUT2D eigenvalue weighted by Crippen LogP contribution is 2.23. The summed E-state index contributed by atoms with van der Waals surface area (Å²) in [6.45, 7) is 5.69. The topological polar surface area (TPSA) is 54.0 Å². The minimum absolute atomic E-state index is 0.0881. The van der Waals surface area contributed by atoms with Crippen LogP contribution in [0.15, 0.2) is 0 Å². The summed E-state index contributed by atoms with van der Waals surface area (Å²) in [5.74, 6) is 0.212. The summed E-state index contributed by atoms with van der Waals surface area (Å²) in [5, 5.41) is 6.68. The summed E-state index contributed by atoms with van der Waals surface area (Å²) < 4.78 is 0. The molecule has 15 heavy (non-hydrogen) atoms. The molecule has 1 aromatic heterocycles. The molecule has 1 saturated heterocycles. The number of nitrogens with zero attached hydrogens (tertiary/aromatic N) is 1. The van der Waals surface area contributed by atoms with Crippen molar-refractivity contribution in [2.24, 2.45) is 5.92 Å². The van der Waals surface area contributed by atoms with E-state index in [1.54, 1.807) is 11.3 Å². The van der Waals surface area contributed by atoms with E-state index < -0.39 is 0 Å². The Bertz CT molecular complexity index is 371. The SMILES string of the molecule is CCc1nc(NC(=O)C2CNC2)sc1C. The number of hydrogen-bond acceptors (Lipinski definition) is 4. The first-order valence-electron chi connectivity index (χ1n) is 5.18. The quantitative estimate of drug-likeness (QED) is 0.812. The van der Waals surface area contributed by atoms with Gasteiger partial charge in [0.2, 0.25) is 5.91 Å². The molecular formula is C10H15N3OS. The van der Waals surface area contributed by atoms with Crippen LogP contribution < -0.4 is 10.6 Å². The minimum Gasteiger partial charge on any atom is -0.315 e. The highest BCUT2D eigenvalue weighted by molar-refractivity contribution is 7.15. The maximum absolute atomic E-state index is 11.6. The number of anilines is 1. The zero-order chi connectivity index (χ0) is 10.8. The first-order valence-corrected chi connectivity index (χ1v) is 6.00. The molecule has 0 unspecified atom stereocenters. The summed E-state index contributed by atoms with van der Waals surface area (Å²) in [4.78, 5) is 17.2. The zero-order valence-corrected chi connectivity index (χ0v) is 9.78. The summed E-state index contributed by atoms with van der Waals surface area (Å²) in [6.07, 6.45) is 0.920. The average Bonchev–Trinajstić information content (AvgIpc) is 2.42. The van der Waals surface area contributed by atoms with Gasteiger partial charge in [-0.3, -0.25) is 4.79 Å². The van der Waals surface area contributed by atoms with Crippen molar-refractivity contribution in [3.63, 3.8) is 0 Å². The number of aryl methyl sites for hydroxylation is 2.